The summed E-state index contributed by atoms with van der Waals surface area (Å²) in [5, 5.41) is 27.2. The Kier molecular flexibility index (Phi) is 13.0. The number of aromatic nitrogens is 4. The third-order valence-corrected chi connectivity index (χ3v) is 3.45. The van der Waals surface area contributed by atoms with Gasteiger partial charge in [-0.05, 0) is 13.8 Å². The molecular weight excluding hydrogens is 465 g/mol. The van der Waals surface area contributed by atoms with E-state index in [4.69, 9.17) is 27.4 Å². The molecule has 186 valence electrons. The van der Waals surface area contributed by atoms with Gasteiger partial charge < -0.3 is 24.7 Å². The second-order valence-electron chi connectivity index (χ2n) is 6.32. The van der Waals surface area contributed by atoms with Crippen LogP contribution in [0.15, 0.2) is 24.8 Å². The SMILES string of the molecule is CC(O)c1n(C)cc[n+]1C.CC(O)c1n(C)cc[n+]1C.O=C([O-])C(F)(F)F.O=S(=O)([O-])O. The van der Waals surface area contributed by atoms with Gasteiger partial charge in [0.25, 0.3) is 11.6 Å². The first kappa shape index (κ1) is 31.7. The van der Waals surface area contributed by atoms with Crippen molar-refractivity contribution in [1.29, 1.82) is 0 Å². The van der Waals surface area contributed by atoms with E-state index in [0.717, 1.165) is 11.6 Å². The van der Waals surface area contributed by atoms with Crippen molar-refractivity contribution in [3.05, 3.63) is 36.4 Å². The number of hydrogen-bond donors (Lipinski definition) is 3. The van der Waals surface area contributed by atoms with E-state index in [1.54, 1.807) is 13.8 Å². The lowest BCUT2D eigenvalue weighted by Gasteiger charge is -2.03. The van der Waals surface area contributed by atoms with Crippen LogP contribution in [0, 0.1) is 0 Å². The average molecular weight is 492 g/mol. The van der Waals surface area contributed by atoms with E-state index in [2.05, 4.69) is 0 Å². The van der Waals surface area contributed by atoms with Gasteiger partial charge in [-0.25, -0.2) is 26.7 Å². The van der Waals surface area contributed by atoms with Crippen molar-refractivity contribution < 1.29 is 59.9 Å². The number of aryl methyl sites for hydroxylation is 4. The molecule has 2 unspecified atom stereocenters. The highest BCUT2D eigenvalue weighted by molar-refractivity contribution is 7.79. The molecule has 3 N–H and O–H groups in total. The molecule has 2 aromatic heterocycles. The van der Waals surface area contributed by atoms with Crippen LogP contribution >= 0.6 is 0 Å². The number of halogens is 3. The molecule has 0 saturated carbocycles. The quantitative estimate of drug-likeness (QED) is 0.248. The van der Waals surface area contributed by atoms with Gasteiger partial charge in [0.05, 0.1) is 28.2 Å². The maximum absolute atomic E-state index is 10.5. The summed E-state index contributed by atoms with van der Waals surface area (Å²) < 4.78 is 72.0. The Morgan fingerprint density at radius 2 is 1.22 bits per heavy atom. The number of carboxylic acid groups (broad SMARTS) is 1. The zero-order chi connectivity index (χ0) is 26.0. The largest absolute Gasteiger partial charge is 0.726 e. The number of carbonyl (C=O) groups is 1. The molecule has 32 heavy (non-hydrogen) atoms. The highest BCUT2D eigenvalue weighted by Crippen LogP contribution is 2.11. The first-order valence-electron chi connectivity index (χ1n) is 8.54. The lowest BCUT2D eigenvalue weighted by Crippen LogP contribution is -2.37. The zero-order valence-corrected chi connectivity index (χ0v) is 19.0. The van der Waals surface area contributed by atoms with E-state index in [9.17, 15) is 23.4 Å². The summed E-state index contributed by atoms with van der Waals surface area (Å²) in [6.07, 6.45) is 1.68. The summed E-state index contributed by atoms with van der Waals surface area (Å²) in [6.45, 7) is 3.52. The first-order valence-corrected chi connectivity index (χ1v) is 9.90. The Hall–Kier alpha value is -2.53. The minimum absolute atomic E-state index is 0.398. The topological polar surface area (TPSA) is 176 Å². The second-order valence-corrected chi connectivity index (χ2v) is 7.18. The van der Waals surface area contributed by atoms with Crippen molar-refractivity contribution in [2.75, 3.05) is 0 Å². The average Bonchev–Trinajstić information content (AvgIpc) is 3.07. The summed E-state index contributed by atoms with van der Waals surface area (Å²) >= 11 is 0. The van der Waals surface area contributed by atoms with Crippen LogP contribution in [-0.2, 0) is 43.4 Å². The first-order chi connectivity index (χ1) is 14.2. The number of carbonyl (C=O) groups excluding carboxylic acids is 1. The molecule has 0 amide bonds. The third-order valence-electron chi connectivity index (χ3n) is 3.45. The van der Waals surface area contributed by atoms with Crippen LogP contribution in [0.1, 0.15) is 37.7 Å². The minimum Gasteiger partial charge on any atom is -0.726 e. The zero-order valence-electron chi connectivity index (χ0n) is 18.2. The molecule has 0 fully saturated rings. The summed E-state index contributed by atoms with van der Waals surface area (Å²) in [5.41, 5.74) is 0. The Balaban J connectivity index is 0. The van der Waals surface area contributed by atoms with Crippen molar-refractivity contribution in [2.45, 2.75) is 32.2 Å². The molecule has 0 saturated heterocycles. The number of aliphatic carboxylic acids is 1. The molecule has 0 aromatic carbocycles. The lowest BCUT2D eigenvalue weighted by atomic mass is 10.4. The van der Waals surface area contributed by atoms with Crippen LogP contribution in [0.3, 0.4) is 0 Å². The molecule has 0 spiro atoms. The molecule has 12 nitrogen and oxygen atoms in total. The monoisotopic (exact) mass is 492 g/mol. The van der Waals surface area contributed by atoms with E-state index in [-0.39, 0.29) is 0 Å². The third kappa shape index (κ3) is 13.7. The van der Waals surface area contributed by atoms with E-state index in [1.807, 2.05) is 71.2 Å². The van der Waals surface area contributed by atoms with Crippen LogP contribution in [-0.4, -0.2) is 49.0 Å². The Labute approximate surface area is 183 Å². The van der Waals surface area contributed by atoms with Gasteiger partial charge >= 0.3 is 6.18 Å². The predicted molar refractivity (Wildman–Crippen MR) is 97.8 cm³/mol. The molecule has 2 heterocycles. The molecule has 0 aliphatic rings. The predicted octanol–water partition coefficient (Wildman–Crippen LogP) is -1.89. The van der Waals surface area contributed by atoms with Gasteiger partial charge in [0.1, 0.15) is 30.8 Å². The fourth-order valence-electron chi connectivity index (χ4n) is 2.38. The number of alkyl halides is 3. The second kappa shape index (κ2) is 13.1. The molecule has 2 aromatic rings. The fraction of sp³-hybridized carbons (Fsp3) is 0.562. The van der Waals surface area contributed by atoms with Gasteiger partial charge in [0, 0.05) is 0 Å². The van der Waals surface area contributed by atoms with Gasteiger partial charge in [-0.3, -0.25) is 4.55 Å². The molecule has 0 radical (unpaired) electrons. The number of nitrogens with zero attached hydrogens (tertiary/aromatic N) is 4. The minimum atomic E-state index is -5.19. The Bertz CT molecular complexity index is 856. The number of hydrogen-bond acceptors (Lipinski definition) is 7. The van der Waals surface area contributed by atoms with E-state index in [1.165, 1.54) is 0 Å². The Morgan fingerprint density at radius 1 is 1.00 bits per heavy atom. The summed E-state index contributed by atoms with van der Waals surface area (Å²) in [4.78, 5) is 8.78. The van der Waals surface area contributed by atoms with E-state index >= 15 is 0 Å². The number of aliphatic hydroxyl groups is 2. The molecule has 2 rings (SSSR count). The molecular formula is C16H27F3N4O8S. The standard InChI is InChI=1S/2C7H13N2O.C2HF3O2.H2O4S/c2*1-6(10)7-8(2)4-5-9(7)3;3-2(4,5)1(6)7;1-5(2,3)4/h2*4-6,10H,1-3H3;(H,6,7);(H2,1,2,3,4)/q2*+1;;/p-2. The highest BCUT2D eigenvalue weighted by atomic mass is 32.3. The molecule has 0 bridgehead atoms. The van der Waals surface area contributed by atoms with Crippen LogP contribution in [0.25, 0.3) is 0 Å². The lowest BCUT2D eigenvalue weighted by molar-refractivity contribution is -0.682. The van der Waals surface area contributed by atoms with Gasteiger partial charge in [-0.1, -0.05) is 0 Å². The number of aliphatic hydroxyl groups excluding tert-OH is 2. The van der Waals surface area contributed by atoms with Crippen LogP contribution in [0.4, 0.5) is 13.2 Å². The smallest absolute Gasteiger partial charge is 0.430 e. The van der Waals surface area contributed by atoms with Crippen molar-refractivity contribution in [3.8, 4) is 0 Å². The van der Waals surface area contributed by atoms with Gasteiger partial charge in [-0.2, -0.15) is 13.2 Å². The molecule has 0 aliphatic carbocycles. The van der Waals surface area contributed by atoms with E-state index < -0.39 is 34.8 Å². The van der Waals surface area contributed by atoms with Crippen LogP contribution < -0.4 is 14.2 Å². The van der Waals surface area contributed by atoms with Crippen molar-refractivity contribution in [3.63, 3.8) is 0 Å². The molecule has 16 heteroatoms. The molecule has 2 atom stereocenters. The summed E-state index contributed by atoms with van der Waals surface area (Å²) in [7, 11) is 2.76. The van der Waals surface area contributed by atoms with Gasteiger partial charge in [0.2, 0.25) is 10.4 Å². The summed E-state index contributed by atoms with van der Waals surface area (Å²) in [6, 6.07) is 0. The van der Waals surface area contributed by atoms with Crippen molar-refractivity contribution in [2.24, 2.45) is 28.2 Å². The van der Waals surface area contributed by atoms with Gasteiger partial charge in [-0.15, -0.1) is 0 Å². The normalized spacial score (nSPS) is 12.8. The van der Waals surface area contributed by atoms with Crippen LogP contribution in [0.5, 0.6) is 0 Å². The summed E-state index contributed by atoms with van der Waals surface area (Å²) in [5.74, 6) is -1.17. The number of carboxylic acids is 1. The maximum Gasteiger partial charge on any atom is 0.430 e. The van der Waals surface area contributed by atoms with E-state index in [0.29, 0.717) is 0 Å². The van der Waals surface area contributed by atoms with Crippen molar-refractivity contribution >= 4 is 16.4 Å². The number of imidazole rings is 2. The Morgan fingerprint density at radius 3 is 1.28 bits per heavy atom. The maximum atomic E-state index is 10.5. The van der Waals surface area contributed by atoms with Crippen LogP contribution in [0.2, 0.25) is 0 Å². The number of rotatable bonds is 2. The molecule has 0 aliphatic heterocycles. The fourth-order valence-corrected chi connectivity index (χ4v) is 2.38. The highest BCUT2D eigenvalue weighted by Gasteiger charge is 2.28. The van der Waals surface area contributed by atoms with Crippen molar-refractivity contribution in [1.82, 2.24) is 9.13 Å². The van der Waals surface area contributed by atoms with Gasteiger partial charge in [0.15, 0.2) is 12.2 Å².